The highest BCUT2D eigenvalue weighted by Crippen LogP contribution is 2.52. The minimum absolute atomic E-state index is 0.123. The Labute approximate surface area is 145 Å². The average molecular weight is 327 g/mol. The SMILES string of the molecule is CN(CCCC12CCCCC1C1C=CC=CC1O2)Cc1ccco1. The number of nitrogens with zero attached hydrogens (tertiary/aromatic N) is 1. The fraction of sp³-hybridized carbons (Fsp3) is 0.619. The van der Waals surface area contributed by atoms with Crippen molar-refractivity contribution < 1.29 is 9.15 Å². The first-order valence-electron chi connectivity index (χ1n) is 9.51. The molecule has 3 nitrogen and oxygen atoms in total. The molecule has 3 heteroatoms. The Morgan fingerprint density at radius 2 is 2.17 bits per heavy atom. The van der Waals surface area contributed by atoms with Gasteiger partial charge in [-0.25, -0.2) is 0 Å². The Bertz CT molecular complexity index is 591. The number of ether oxygens (including phenoxy) is 1. The smallest absolute Gasteiger partial charge is 0.117 e. The van der Waals surface area contributed by atoms with Gasteiger partial charge in [-0.2, -0.15) is 0 Å². The third kappa shape index (κ3) is 3.12. The summed E-state index contributed by atoms with van der Waals surface area (Å²) in [6.07, 6.45) is 18.8. The molecule has 2 heterocycles. The van der Waals surface area contributed by atoms with E-state index in [0.717, 1.165) is 18.8 Å². The van der Waals surface area contributed by atoms with E-state index in [1.54, 1.807) is 6.26 Å². The Morgan fingerprint density at radius 3 is 3.04 bits per heavy atom. The van der Waals surface area contributed by atoms with Crippen molar-refractivity contribution in [2.24, 2.45) is 11.8 Å². The number of allylic oxidation sites excluding steroid dienone is 2. The van der Waals surface area contributed by atoms with E-state index in [1.807, 2.05) is 6.07 Å². The molecule has 1 saturated carbocycles. The van der Waals surface area contributed by atoms with Crippen molar-refractivity contribution in [3.8, 4) is 0 Å². The number of hydrogen-bond acceptors (Lipinski definition) is 3. The largest absolute Gasteiger partial charge is 0.468 e. The van der Waals surface area contributed by atoms with Gasteiger partial charge in [0.05, 0.1) is 24.5 Å². The van der Waals surface area contributed by atoms with Gasteiger partial charge >= 0.3 is 0 Å². The summed E-state index contributed by atoms with van der Waals surface area (Å²) in [4.78, 5) is 2.36. The molecule has 4 atom stereocenters. The molecule has 2 aliphatic carbocycles. The number of hydrogen-bond donors (Lipinski definition) is 0. The van der Waals surface area contributed by atoms with Gasteiger partial charge in [0.1, 0.15) is 5.76 Å². The monoisotopic (exact) mass is 327 g/mol. The van der Waals surface area contributed by atoms with Crippen LogP contribution in [0, 0.1) is 11.8 Å². The molecular formula is C21H29NO2. The predicted octanol–water partition coefficient (Wildman–Crippen LogP) is 4.56. The van der Waals surface area contributed by atoms with Crippen molar-refractivity contribution in [3.63, 3.8) is 0 Å². The molecule has 0 radical (unpaired) electrons. The Morgan fingerprint density at radius 1 is 1.25 bits per heavy atom. The minimum atomic E-state index is 0.123. The normalized spacial score (nSPS) is 34.5. The lowest BCUT2D eigenvalue weighted by atomic mass is 9.68. The topological polar surface area (TPSA) is 25.6 Å². The molecule has 3 aliphatic rings. The zero-order chi connectivity index (χ0) is 16.4. The van der Waals surface area contributed by atoms with Gasteiger partial charge in [-0.1, -0.05) is 37.1 Å². The van der Waals surface area contributed by atoms with Crippen LogP contribution in [-0.2, 0) is 11.3 Å². The summed E-state index contributed by atoms with van der Waals surface area (Å²) in [7, 11) is 2.18. The molecule has 1 aromatic heterocycles. The maximum absolute atomic E-state index is 6.67. The fourth-order valence-corrected chi connectivity index (χ4v) is 5.05. The van der Waals surface area contributed by atoms with Crippen LogP contribution in [0.1, 0.15) is 44.3 Å². The minimum Gasteiger partial charge on any atom is -0.468 e. The quantitative estimate of drug-likeness (QED) is 0.766. The lowest BCUT2D eigenvalue weighted by molar-refractivity contribution is -0.0713. The summed E-state index contributed by atoms with van der Waals surface area (Å²) in [6.45, 7) is 1.99. The highest BCUT2D eigenvalue weighted by molar-refractivity contribution is 5.22. The molecule has 1 aliphatic heterocycles. The van der Waals surface area contributed by atoms with Gasteiger partial charge in [-0.15, -0.1) is 0 Å². The molecular weight excluding hydrogens is 298 g/mol. The fourth-order valence-electron chi connectivity index (χ4n) is 5.05. The van der Waals surface area contributed by atoms with Crippen LogP contribution >= 0.6 is 0 Å². The highest BCUT2D eigenvalue weighted by atomic mass is 16.5. The van der Waals surface area contributed by atoms with E-state index in [2.05, 4.69) is 42.3 Å². The van der Waals surface area contributed by atoms with Gasteiger partial charge in [0, 0.05) is 5.92 Å². The third-order valence-electron chi connectivity index (χ3n) is 6.15. The van der Waals surface area contributed by atoms with Crippen LogP contribution in [0.5, 0.6) is 0 Å². The maximum atomic E-state index is 6.67. The molecule has 0 spiro atoms. The summed E-state index contributed by atoms with van der Waals surface area (Å²) >= 11 is 0. The van der Waals surface area contributed by atoms with Crippen LogP contribution in [0.3, 0.4) is 0 Å². The van der Waals surface area contributed by atoms with Crippen LogP contribution < -0.4 is 0 Å². The summed E-state index contributed by atoms with van der Waals surface area (Å²) < 4.78 is 12.1. The van der Waals surface area contributed by atoms with Crippen molar-refractivity contribution >= 4 is 0 Å². The second-order valence-electron chi connectivity index (χ2n) is 7.77. The van der Waals surface area contributed by atoms with Gasteiger partial charge < -0.3 is 9.15 Å². The highest BCUT2D eigenvalue weighted by Gasteiger charge is 2.53. The second kappa shape index (κ2) is 6.89. The van der Waals surface area contributed by atoms with E-state index in [4.69, 9.17) is 9.15 Å². The van der Waals surface area contributed by atoms with Gasteiger partial charge in [-0.05, 0) is 57.3 Å². The zero-order valence-electron chi connectivity index (χ0n) is 14.7. The van der Waals surface area contributed by atoms with Crippen LogP contribution in [0.25, 0.3) is 0 Å². The van der Waals surface area contributed by atoms with Crippen molar-refractivity contribution in [3.05, 3.63) is 48.5 Å². The Hall–Kier alpha value is -1.32. The van der Waals surface area contributed by atoms with E-state index >= 15 is 0 Å². The summed E-state index contributed by atoms with van der Waals surface area (Å²) in [6, 6.07) is 4.01. The van der Waals surface area contributed by atoms with Crippen molar-refractivity contribution in [1.82, 2.24) is 4.90 Å². The summed E-state index contributed by atoms with van der Waals surface area (Å²) in [5.41, 5.74) is 0.123. The molecule has 4 unspecified atom stereocenters. The number of rotatable bonds is 6. The standard InChI is InChI=1S/C21H29NO2/c1-22(16-17-8-6-15-23-17)14-7-13-21-12-5-4-10-19(21)18-9-2-3-11-20(18)24-21/h2-3,6,8-9,11,15,18-20H,4-5,7,10,12-14,16H2,1H3. The first kappa shape index (κ1) is 16.2. The zero-order valence-corrected chi connectivity index (χ0v) is 14.7. The Balaban J connectivity index is 1.35. The summed E-state index contributed by atoms with van der Waals surface area (Å²) in [5, 5.41) is 0. The van der Waals surface area contributed by atoms with Crippen molar-refractivity contribution in [2.45, 2.75) is 56.8 Å². The molecule has 24 heavy (non-hydrogen) atoms. The van der Waals surface area contributed by atoms with E-state index in [1.165, 1.54) is 38.5 Å². The summed E-state index contributed by atoms with van der Waals surface area (Å²) in [5.74, 6) is 2.37. The lowest BCUT2D eigenvalue weighted by Gasteiger charge is -2.39. The van der Waals surface area contributed by atoms with Gasteiger partial charge in [0.2, 0.25) is 0 Å². The van der Waals surface area contributed by atoms with Gasteiger partial charge in [-0.3, -0.25) is 4.90 Å². The molecule has 2 fully saturated rings. The first-order valence-corrected chi connectivity index (χ1v) is 9.51. The van der Waals surface area contributed by atoms with E-state index < -0.39 is 0 Å². The molecule has 1 saturated heterocycles. The first-order chi connectivity index (χ1) is 11.8. The van der Waals surface area contributed by atoms with E-state index in [-0.39, 0.29) is 5.60 Å². The van der Waals surface area contributed by atoms with Gasteiger partial charge in [0.15, 0.2) is 0 Å². The van der Waals surface area contributed by atoms with E-state index in [9.17, 15) is 0 Å². The molecule has 130 valence electrons. The van der Waals surface area contributed by atoms with Crippen LogP contribution in [-0.4, -0.2) is 30.2 Å². The molecule has 0 amide bonds. The molecule has 0 N–H and O–H groups in total. The van der Waals surface area contributed by atoms with Crippen LogP contribution in [0.2, 0.25) is 0 Å². The molecule has 1 aromatic rings. The van der Waals surface area contributed by atoms with E-state index in [0.29, 0.717) is 17.9 Å². The van der Waals surface area contributed by atoms with Gasteiger partial charge in [0.25, 0.3) is 0 Å². The Kier molecular flexibility index (Phi) is 4.64. The van der Waals surface area contributed by atoms with Crippen molar-refractivity contribution in [1.29, 1.82) is 0 Å². The second-order valence-corrected chi connectivity index (χ2v) is 7.77. The number of fused-ring (bicyclic) bond motifs is 3. The molecule has 4 rings (SSSR count). The van der Waals surface area contributed by atoms with Crippen LogP contribution in [0.4, 0.5) is 0 Å². The maximum Gasteiger partial charge on any atom is 0.117 e. The lowest BCUT2D eigenvalue weighted by Crippen LogP contribution is -2.40. The molecule has 0 aromatic carbocycles. The average Bonchev–Trinajstić information content (AvgIpc) is 3.20. The number of furan rings is 1. The molecule has 0 bridgehead atoms. The van der Waals surface area contributed by atoms with Crippen molar-refractivity contribution in [2.75, 3.05) is 13.6 Å². The predicted molar refractivity (Wildman–Crippen MR) is 95.6 cm³/mol. The van der Waals surface area contributed by atoms with Crippen LogP contribution in [0.15, 0.2) is 47.1 Å². The third-order valence-corrected chi connectivity index (χ3v) is 6.15.